The Labute approximate surface area is 139 Å². The lowest BCUT2D eigenvalue weighted by atomic mass is 9.93. The molecule has 1 saturated heterocycles. The molecule has 0 bridgehead atoms. The van der Waals surface area contributed by atoms with Gasteiger partial charge in [-0.25, -0.2) is 5.01 Å². The van der Waals surface area contributed by atoms with Gasteiger partial charge in [-0.1, -0.05) is 26.8 Å². The molecule has 1 heterocycles. The molecule has 1 aliphatic heterocycles. The van der Waals surface area contributed by atoms with Crippen molar-refractivity contribution < 1.29 is 9.90 Å². The number of carbonyl (C=O) groups is 1. The molecule has 0 saturated carbocycles. The lowest BCUT2D eigenvalue weighted by Gasteiger charge is -2.27. The molecule has 1 fully saturated rings. The van der Waals surface area contributed by atoms with E-state index >= 15 is 0 Å². The van der Waals surface area contributed by atoms with Gasteiger partial charge in [-0.15, -0.1) is 0 Å². The van der Waals surface area contributed by atoms with Crippen LogP contribution in [-0.2, 0) is 17.6 Å². The third kappa shape index (κ3) is 4.94. The van der Waals surface area contributed by atoms with Gasteiger partial charge in [0.05, 0.1) is 0 Å². The first-order valence-corrected chi connectivity index (χ1v) is 8.61. The number of amides is 1. The number of phenols is 1. The highest BCUT2D eigenvalue weighted by molar-refractivity contribution is 5.75. The summed E-state index contributed by atoms with van der Waals surface area (Å²) in [7, 11) is 0. The van der Waals surface area contributed by atoms with Crippen LogP contribution in [0.4, 0.5) is 0 Å². The maximum absolute atomic E-state index is 12.1. The van der Waals surface area contributed by atoms with Gasteiger partial charge in [0.1, 0.15) is 5.75 Å². The molecule has 2 rings (SSSR count). The van der Waals surface area contributed by atoms with Crippen molar-refractivity contribution >= 4 is 5.91 Å². The molecule has 5 nitrogen and oxygen atoms in total. The fourth-order valence-electron chi connectivity index (χ4n) is 2.98. The zero-order valence-electron chi connectivity index (χ0n) is 14.5. The van der Waals surface area contributed by atoms with Crippen LogP contribution in [-0.4, -0.2) is 42.2 Å². The van der Waals surface area contributed by atoms with E-state index in [2.05, 4.69) is 37.6 Å². The molecule has 0 aromatic heterocycles. The Morgan fingerprint density at radius 3 is 2.61 bits per heavy atom. The number of carbonyl (C=O) groups excluding carboxylic acids is 1. The van der Waals surface area contributed by atoms with Crippen molar-refractivity contribution in [1.82, 2.24) is 15.8 Å². The third-order valence-electron chi connectivity index (χ3n) is 4.37. The second kappa shape index (κ2) is 8.31. The van der Waals surface area contributed by atoms with Gasteiger partial charge in [0.2, 0.25) is 5.91 Å². The Morgan fingerprint density at radius 1 is 1.30 bits per heavy atom. The summed E-state index contributed by atoms with van der Waals surface area (Å²) in [5, 5.41) is 15.4. The number of hydrogen-bond donors (Lipinski definition) is 3. The van der Waals surface area contributed by atoms with Gasteiger partial charge in [-0.3, -0.25) is 10.2 Å². The minimum atomic E-state index is 0.0631. The molecule has 3 N–H and O–H groups in total. The second-order valence-corrected chi connectivity index (χ2v) is 6.46. The van der Waals surface area contributed by atoms with Crippen LogP contribution in [0, 0.1) is 0 Å². The molecular formula is C18H29N3O2. The summed E-state index contributed by atoms with van der Waals surface area (Å²) in [6.07, 6.45) is 2.04. The van der Waals surface area contributed by atoms with E-state index in [1.54, 1.807) is 0 Å². The molecule has 0 aliphatic carbocycles. The van der Waals surface area contributed by atoms with Gasteiger partial charge in [0, 0.05) is 32.6 Å². The highest BCUT2D eigenvalue weighted by Crippen LogP contribution is 2.29. The first-order valence-electron chi connectivity index (χ1n) is 8.61. The smallest absolute Gasteiger partial charge is 0.234 e. The summed E-state index contributed by atoms with van der Waals surface area (Å²) in [5.74, 6) is 0.702. The highest BCUT2D eigenvalue weighted by atomic mass is 16.3. The topological polar surface area (TPSA) is 64.6 Å². The molecule has 1 aromatic carbocycles. The van der Waals surface area contributed by atoms with Crippen molar-refractivity contribution in [2.45, 2.75) is 46.0 Å². The van der Waals surface area contributed by atoms with Crippen molar-refractivity contribution in [3.05, 3.63) is 28.8 Å². The number of benzene rings is 1. The van der Waals surface area contributed by atoms with E-state index < -0.39 is 0 Å². The number of hydrazine groups is 1. The van der Waals surface area contributed by atoms with Crippen LogP contribution in [0.1, 0.15) is 49.8 Å². The number of piperazine rings is 1. The maximum atomic E-state index is 12.1. The molecule has 128 valence electrons. The normalized spacial score (nSPS) is 15.8. The minimum Gasteiger partial charge on any atom is -0.508 e. The van der Waals surface area contributed by atoms with E-state index in [1.165, 1.54) is 5.56 Å². The zero-order valence-corrected chi connectivity index (χ0v) is 14.5. The molecule has 1 aromatic rings. The van der Waals surface area contributed by atoms with Crippen molar-refractivity contribution in [1.29, 1.82) is 0 Å². The fourth-order valence-corrected chi connectivity index (χ4v) is 2.98. The lowest BCUT2D eigenvalue weighted by molar-refractivity contribution is -0.126. The molecule has 1 aliphatic rings. The van der Waals surface area contributed by atoms with Gasteiger partial charge in [-0.05, 0) is 41.5 Å². The molecule has 5 heteroatoms. The Hall–Kier alpha value is -1.59. The number of rotatable bonds is 6. The zero-order chi connectivity index (χ0) is 16.8. The van der Waals surface area contributed by atoms with Crippen molar-refractivity contribution in [3.63, 3.8) is 0 Å². The Morgan fingerprint density at radius 2 is 2.00 bits per heavy atom. The number of nitrogens with zero attached hydrogens (tertiary/aromatic N) is 1. The molecule has 0 atom stereocenters. The monoisotopic (exact) mass is 319 g/mol. The molecule has 0 radical (unpaired) electrons. The number of aromatic hydroxyl groups is 1. The molecule has 23 heavy (non-hydrogen) atoms. The summed E-state index contributed by atoms with van der Waals surface area (Å²) in [6, 6.07) is 3.93. The van der Waals surface area contributed by atoms with Crippen LogP contribution in [0.3, 0.4) is 0 Å². The van der Waals surface area contributed by atoms with E-state index in [-0.39, 0.29) is 11.8 Å². The Bertz CT molecular complexity index is 537. The quantitative estimate of drug-likeness (QED) is 0.750. The third-order valence-corrected chi connectivity index (χ3v) is 4.37. The van der Waals surface area contributed by atoms with Gasteiger partial charge in [0.15, 0.2) is 0 Å². The second-order valence-electron chi connectivity index (χ2n) is 6.46. The molecule has 0 unspecified atom stereocenters. The highest BCUT2D eigenvalue weighted by Gasteiger charge is 2.15. The van der Waals surface area contributed by atoms with Crippen LogP contribution in [0.2, 0.25) is 0 Å². The minimum absolute atomic E-state index is 0.0631. The van der Waals surface area contributed by atoms with Crippen LogP contribution in [0.5, 0.6) is 5.75 Å². The van der Waals surface area contributed by atoms with E-state index in [4.69, 9.17) is 0 Å². The van der Waals surface area contributed by atoms with Crippen molar-refractivity contribution in [3.8, 4) is 5.75 Å². The molecule has 1 amide bonds. The van der Waals surface area contributed by atoms with E-state index in [0.29, 0.717) is 18.6 Å². The predicted octanol–water partition coefficient (Wildman–Crippen LogP) is 1.95. The first-order chi connectivity index (χ1) is 11.0. The summed E-state index contributed by atoms with van der Waals surface area (Å²) in [6.45, 7) is 9.74. The van der Waals surface area contributed by atoms with Gasteiger partial charge in [-0.2, -0.15) is 0 Å². The first kappa shape index (κ1) is 17.8. The van der Waals surface area contributed by atoms with Crippen molar-refractivity contribution in [2.24, 2.45) is 0 Å². The maximum Gasteiger partial charge on any atom is 0.234 e. The summed E-state index contributed by atoms with van der Waals surface area (Å²) < 4.78 is 0. The van der Waals surface area contributed by atoms with E-state index in [9.17, 15) is 9.90 Å². The summed E-state index contributed by atoms with van der Waals surface area (Å²) in [4.78, 5) is 12.1. The van der Waals surface area contributed by atoms with E-state index in [1.807, 2.05) is 11.1 Å². The average molecular weight is 319 g/mol. The fraction of sp³-hybridized carbons (Fsp3) is 0.611. The predicted molar refractivity (Wildman–Crippen MR) is 92.5 cm³/mol. The number of aryl methyl sites for hydroxylation is 2. The van der Waals surface area contributed by atoms with Gasteiger partial charge >= 0.3 is 0 Å². The summed E-state index contributed by atoms with van der Waals surface area (Å²) >= 11 is 0. The Balaban J connectivity index is 1.98. The van der Waals surface area contributed by atoms with Crippen LogP contribution < -0.4 is 10.7 Å². The average Bonchev–Trinajstić information content (AvgIpc) is 2.54. The lowest BCUT2D eigenvalue weighted by Crippen LogP contribution is -2.52. The SMILES string of the molecule is CCc1cc(O)c(C(C)C)cc1CCC(=O)NN1CCNCC1. The number of phenolic OH excluding ortho intramolecular Hbond substituents is 1. The van der Waals surface area contributed by atoms with Crippen LogP contribution >= 0.6 is 0 Å². The molecular weight excluding hydrogens is 290 g/mol. The molecule has 0 spiro atoms. The standard InChI is InChI=1S/C18H29N3O2/c1-4-14-12-17(22)16(13(2)3)11-15(14)5-6-18(23)20-21-9-7-19-8-10-21/h11-13,19,22H,4-10H2,1-3H3,(H,20,23). The van der Waals surface area contributed by atoms with Crippen LogP contribution in [0.25, 0.3) is 0 Å². The van der Waals surface area contributed by atoms with E-state index in [0.717, 1.165) is 43.7 Å². The van der Waals surface area contributed by atoms with Gasteiger partial charge in [0.25, 0.3) is 0 Å². The number of hydrogen-bond acceptors (Lipinski definition) is 4. The Kier molecular flexibility index (Phi) is 6.42. The van der Waals surface area contributed by atoms with Crippen LogP contribution in [0.15, 0.2) is 12.1 Å². The van der Waals surface area contributed by atoms with Gasteiger partial charge < -0.3 is 10.4 Å². The summed E-state index contributed by atoms with van der Waals surface area (Å²) in [5.41, 5.74) is 6.24. The van der Waals surface area contributed by atoms with Crippen molar-refractivity contribution in [2.75, 3.05) is 26.2 Å². The largest absolute Gasteiger partial charge is 0.508 e. The number of nitrogens with one attached hydrogen (secondary N) is 2.